The highest BCUT2D eigenvalue weighted by Gasteiger charge is 2.20. The second-order valence-corrected chi connectivity index (χ2v) is 5.13. The van der Waals surface area contributed by atoms with E-state index >= 15 is 0 Å². The fourth-order valence-corrected chi connectivity index (χ4v) is 2.48. The Kier molecular flexibility index (Phi) is 3.81. The summed E-state index contributed by atoms with van der Waals surface area (Å²) in [7, 11) is 0. The second-order valence-electron chi connectivity index (χ2n) is 5.13. The summed E-state index contributed by atoms with van der Waals surface area (Å²) >= 11 is 0. The molecule has 108 valence electrons. The molecule has 1 aromatic carbocycles. The van der Waals surface area contributed by atoms with Crippen LogP contribution in [0.1, 0.15) is 25.1 Å². The molecule has 5 nitrogen and oxygen atoms in total. The van der Waals surface area contributed by atoms with Crippen molar-refractivity contribution in [1.82, 2.24) is 9.97 Å². The molecule has 0 saturated carbocycles. The van der Waals surface area contributed by atoms with E-state index in [1.54, 1.807) is 0 Å². The van der Waals surface area contributed by atoms with Crippen LogP contribution in [0.25, 0.3) is 10.9 Å². The fourth-order valence-electron chi connectivity index (χ4n) is 2.48. The van der Waals surface area contributed by atoms with Gasteiger partial charge in [-0.3, -0.25) is 4.79 Å². The van der Waals surface area contributed by atoms with Gasteiger partial charge in [0, 0.05) is 5.39 Å². The molecule has 1 aliphatic rings. The van der Waals surface area contributed by atoms with Gasteiger partial charge in [0.25, 0.3) is 0 Å². The number of anilines is 1. The van der Waals surface area contributed by atoms with Gasteiger partial charge < -0.3 is 10.5 Å². The number of fused-ring (bicyclic) bond motifs is 1. The van der Waals surface area contributed by atoms with Gasteiger partial charge in [0.15, 0.2) is 12.4 Å². The molecule has 0 spiro atoms. The molecule has 1 atom stereocenters. The third-order valence-electron chi connectivity index (χ3n) is 3.62. The van der Waals surface area contributed by atoms with E-state index in [4.69, 9.17) is 10.5 Å². The number of carbonyl (C=O) groups excluding carboxylic acids is 1. The van der Waals surface area contributed by atoms with Crippen molar-refractivity contribution in [1.29, 1.82) is 0 Å². The zero-order chi connectivity index (χ0) is 14.7. The lowest BCUT2D eigenvalue weighted by Gasteiger charge is -2.16. The molecule has 0 unspecified atom stereocenters. The van der Waals surface area contributed by atoms with Crippen molar-refractivity contribution >= 4 is 22.7 Å². The monoisotopic (exact) mass is 283 g/mol. The van der Waals surface area contributed by atoms with E-state index in [0.29, 0.717) is 11.6 Å². The summed E-state index contributed by atoms with van der Waals surface area (Å²) in [4.78, 5) is 20.5. The number of nitrogens with zero attached hydrogens (tertiary/aromatic N) is 2. The Labute approximate surface area is 122 Å². The minimum absolute atomic E-state index is 0.0483. The largest absolute Gasteiger partial charge is 0.457 e. The van der Waals surface area contributed by atoms with E-state index in [1.165, 1.54) is 0 Å². The Balaban J connectivity index is 1.70. The molecule has 3 rings (SSSR count). The lowest BCUT2D eigenvalue weighted by atomic mass is 9.95. The van der Waals surface area contributed by atoms with E-state index in [-0.39, 0.29) is 18.5 Å². The van der Waals surface area contributed by atoms with E-state index in [1.807, 2.05) is 30.3 Å². The molecule has 0 radical (unpaired) electrons. The van der Waals surface area contributed by atoms with E-state index in [2.05, 4.69) is 16.0 Å². The number of para-hydroxylation sites is 1. The number of esters is 1. The zero-order valence-electron chi connectivity index (χ0n) is 11.7. The van der Waals surface area contributed by atoms with Crippen molar-refractivity contribution in [2.45, 2.75) is 25.9 Å². The molecule has 0 fully saturated rings. The molecular weight excluding hydrogens is 266 g/mol. The molecule has 0 amide bonds. The molecule has 5 heteroatoms. The van der Waals surface area contributed by atoms with Gasteiger partial charge in [-0.05, 0) is 31.4 Å². The van der Waals surface area contributed by atoms with Crippen LogP contribution in [0, 0.1) is 5.92 Å². The molecule has 1 heterocycles. The maximum atomic E-state index is 12.0. The maximum Gasteiger partial charge on any atom is 0.309 e. The van der Waals surface area contributed by atoms with Crippen molar-refractivity contribution in [3.05, 3.63) is 42.2 Å². The average molecular weight is 283 g/mol. The van der Waals surface area contributed by atoms with Gasteiger partial charge in [-0.15, -0.1) is 0 Å². The number of allylic oxidation sites excluding steroid dienone is 2. The molecule has 0 aliphatic heterocycles. The minimum Gasteiger partial charge on any atom is -0.457 e. The van der Waals surface area contributed by atoms with Crippen molar-refractivity contribution in [2.24, 2.45) is 5.92 Å². The summed E-state index contributed by atoms with van der Waals surface area (Å²) < 4.78 is 5.32. The van der Waals surface area contributed by atoms with Crippen LogP contribution in [-0.2, 0) is 16.1 Å². The first-order valence-corrected chi connectivity index (χ1v) is 7.07. The highest BCUT2D eigenvalue weighted by Crippen LogP contribution is 2.21. The van der Waals surface area contributed by atoms with Crippen LogP contribution >= 0.6 is 0 Å². The summed E-state index contributed by atoms with van der Waals surface area (Å²) in [5, 5.41) is 0.810. The van der Waals surface area contributed by atoms with Gasteiger partial charge in [-0.2, -0.15) is 0 Å². The van der Waals surface area contributed by atoms with Crippen LogP contribution in [0.3, 0.4) is 0 Å². The van der Waals surface area contributed by atoms with Crippen LogP contribution in [0.5, 0.6) is 0 Å². The molecule has 1 aromatic heterocycles. The normalized spacial score (nSPS) is 17.8. The number of hydrogen-bond acceptors (Lipinski definition) is 5. The van der Waals surface area contributed by atoms with Crippen molar-refractivity contribution < 1.29 is 9.53 Å². The molecule has 2 aromatic rings. The number of hydrogen-bond donors (Lipinski definition) is 1. The number of ether oxygens (including phenoxy) is 1. The van der Waals surface area contributed by atoms with Crippen molar-refractivity contribution in [2.75, 3.05) is 5.73 Å². The predicted octanol–water partition coefficient (Wildman–Crippen LogP) is 2.61. The van der Waals surface area contributed by atoms with Gasteiger partial charge in [-0.1, -0.05) is 24.3 Å². The average Bonchev–Trinajstić information content (AvgIpc) is 2.53. The summed E-state index contributed by atoms with van der Waals surface area (Å²) in [6.45, 7) is 0.0636. The van der Waals surface area contributed by atoms with E-state index < -0.39 is 0 Å². The van der Waals surface area contributed by atoms with Gasteiger partial charge in [0.2, 0.25) is 0 Å². The first-order chi connectivity index (χ1) is 10.2. The maximum absolute atomic E-state index is 12.0. The van der Waals surface area contributed by atoms with Gasteiger partial charge in [-0.25, -0.2) is 9.97 Å². The number of rotatable bonds is 3. The Morgan fingerprint density at radius 2 is 2.14 bits per heavy atom. The van der Waals surface area contributed by atoms with Crippen molar-refractivity contribution in [3.8, 4) is 0 Å². The SMILES string of the molecule is Nc1nc(COC(=O)[C@H]2CC=CCC2)nc2ccccc12. The Morgan fingerprint density at radius 3 is 2.95 bits per heavy atom. The number of nitrogen functional groups attached to an aromatic ring is 1. The first-order valence-electron chi connectivity index (χ1n) is 7.07. The Morgan fingerprint density at radius 1 is 1.29 bits per heavy atom. The first kappa shape index (κ1) is 13.5. The highest BCUT2D eigenvalue weighted by molar-refractivity contribution is 5.87. The highest BCUT2D eigenvalue weighted by atomic mass is 16.5. The molecule has 2 N–H and O–H groups in total. The number of nitrogens with two attached hydrogens (primary N) is 1. The van der Waals surface area contributed by atoms with Crippen molar-refractivity contribution in [3.63, 3.8) is 0 Å². The Bertz CT molecular complexity index is 697. The molecule has 1 aliphatic carbocycles. The van der Waals surface area contributed by atoms with Crippen LogP contribution in [-0.4, -0.2) is 15.9 Å². The minimum atomic E-state index is -0.185. The van der Waals surface area contributed by atoms with Crippen LogP contribution in [0.4, 0.5) is 5.82 Å². The molecular formula is C16H17N3O2. The summed E-state index contributed by atoms with van der Waals surface area (Å²) in [5.74, 6) is 0.612. The number of carbonyl (C=O) groups is 1. The van der Waals surface area contributed by atoms with Gasteiger partial charge in [0.05, 0.1) is 11.4 Å². The molecule has 0 saturated heterocycles. The predicted molar refractivity (Wildman–Crippen MR) is 80.2 cm³/mol. The third kappa shape index (κ3) is 3.02. The summed E-state index contributed by atoms with van der Waals surface area (Å²) in [6, 6.07) is 7.51. The van der Waals surface area contributed by atoms with Crippen LogP contribution < -0.4 is 5.73 Å². The smallest absolute Gasteiger partial charge is 0.309 e. The summed E-state index contributed by atoms with van der Waals surface area (Å²) in [5.41, 5.74) is 6.67. The molecule has 0 bridgehead atoms. The van der Waals surface area contributed by atoms with E-state index in [9.17, 15) is 4.79 Å². The quantitative estimate of drug-likeness (QED) is 0.692. The lowest BCUT2D eigenvalue weighted by Crippen LogP contribution is -2.19. The fraction of sp³-hybridized carbons (Fsp3) is 0.312. The van der Waals surface area contributed by atoms with E-state index in [0.717, 1.165) is 30.2 Å². The van der Waals surface area contributed by atoms with Crippen LogP contribution in [0.15, 0.2) is 36.4 Å². The molecule has 21 heavy (non-hydrogen) atoms. The summed E-state index contributed by atoms with van der Waals surface area (Å²) in [6.07, 6.45) is 6.64. The third-order valence-corrected chi connectivity index (χ3v) is 3.62. The lowest BCUT2D eigenvalue weighted by molar-refractivity contribution is -0.150. The standard InChI is InChI=1S/C16H17N3O2/c17-15-12-8-4-5-9-13(12)18-14(19-15)10-21-16(20)11-6-2-1-3-7-11/h1-2,4-5,8-9,11H,3,6-7,10H2,(H2,17,18,19)/t11-/m0/s1. The van der Waals surface area contributed by atoms with Crippen LogP contribution in [0.2, 0.25) is 0 Å². The second kappa shape index (κ2) is 5.91. The zero-order valence-corrected chi connectivity index (χ0v) is 11.7. The number of benzene rings is 1. The topological polar surface area (TPSA) is 78.1 Å². The van der Waals surface area contributed by atoms with Gasteiger partial charge >= 0.3 is 5.97 Å². The van der Waals surface area contributed by atoms with Gasteiger partial charge in [0.1, 0.15) is 5.82 Å². The Hall–Kier alpha value is -2.43. The number of aromatic nitrogens is 2.